The number of ketones is 1. The van der Waals surface area contributed by atoms with Crippen molar-refractivity contribution in [3.8, 4) is 11.4 Å². The number of hydrogen-bond donors (Lipinski definition) is 1. The molecule has 0 bridgehead atoms. The highest BCUT2D eigenvalue weighted by Gasteiger charge is 2.14. The van der Waals surface area contributed by atoms with Crippen LogP contribution in [0.1, 0.15) is 21.7 Å². The second-order valence-electron chi connectivity index (χ2n) is 6.51. The number of halogens is 1. The highest BCUT2D eigenvalue weighted by Crippen LogP contribution is 2.24. The SMILES string of the molecule is COc1ccc(-n2nnnc2/C=C/Nc2ccc(Cl)cc2C(=O)c2ccccc2)cc1. The number of benzene rings is 3. The number of methoxy groups -OCH3 is 1. The first-order chi connectivity index (χ1) is 15.2. The Morgan fingerprint density at radius 3 is 2.58 bits per heavy atom. The highest BCUT2D eigenvalue weighted by molar-refractivity contribution is 6.31. The molecule has 0 atom stereocenters. The fraction of sp³-hybridized carbons (Fsp3) is 0.0435. The number of tetrazole rings is 1. The lowest BCUT2D eigenvalue weighted by Crippen LogP contribution is -2.05. The summed E-state index contributed by atoms with van der Waals surface area (Å²) in [6.07, 6.45) is 3.40. The van der Waals surface area contributed by atoms with E-state index < -0.39 is 0 Å². The van der Waals surface area contributed by atoms with Gasteiger partial charge in [-0.05, 0) is 52.9 Å². The third kappa shape index (κ3) is 4.62. The molecule has 0 aliphatic carbocycles. The molecule has 4 aromatic rings. The van der Waals surface area contributed by atoms with Crippen molar-refractivity contribution >= 4 is 29.1 Å². The minimum atomic E-state index is -0.123. The summed E-state index contributed by atoms with van der Waals surface area (Å²) in [5.74, 6) is 1.14. The predicted octanol–water partition coefficient (Wildman–Crippen LogP) is 4.64. The molecule has 7 nitrogen and oxygen atoms in total. The molecular weight excluding hydrogens is 414 g/mol. The van der Waals surface area contributed by atoms with Gasteiger partial charge in [0.15, 0.2) is 11.6 Å². The maximum absolute atomic E-state index is 12.9. The summed E-state index contributed by atoms with van der Waals surface area (Å²) in [7, 11) is 1.61. The van der Waals surface area contributed by atoms with Crippen LogP contribution in [0.15, 0.2) is 79.0 Å². The highest BCUT2D eigenvalue weighted by atomic mass is 35.5. The van der Waals surface area contributed by atoms with Gasteiger partial charge in [-0.1, -0.05) is 41.9 Å². The number of carbonyl (C=O) groups excluding carboxylic acids is 1. The third-order valence-corrected chi connectivity index (χ3v) is 4.78. The van der Waals surface area contributed by atoms with Crippen LogP contribution in [0.25, 0.3) is 11.8 Å². The molecule has 1 N–H and O–H groups in total. The molecule has 0 saturated heterocycles. The van der Waals surface area contributed by atoms with Gasteiger partial charge in [-0.2, -0.15) is 4.68 Å². The van der Waals surface area contributed by atoms with E-state index in [9.17, 15) is 4.79 Å². The van der Waals surface area contributed by atoms with Crippen LogP contribution in [0, 0.1) is 0 Å². The summed E-state index contributed by atoms with van der Waals surface area (Å²) < 4.78 is 6.77. The van der Waals surface area contributed by atoms with Gasteiger partial charge in [-0.15, -0.1) is 5.10 Å². The topological polar surface area (TPSA) is 81.9 Å². The monoisotopic (exact) mass is 431 g/mol. The molecule has 4 rings (SSSR count). The largest absolute Gasteiger partial charge is 0.497 e. The first kappa shape index (κ1) is 20.3. The fourth-order valence-corrected chi connectivity index (χ4v) is 3.16. The number of rotatable bonds is 7. The lowest BCUT2D eigenvalue weighted by molar-refractivity contribution is 0.103. The van der Waals surface area contributed by atoms with Crippen molar-refractivity contribution in [1.29, 1.82) is 0 Å². The molecule has 0 amide bonds. The van der Waals surface area contributed by atoms with Crippen molar-refractivity contribution in [1.82, 2.24) is 20.2 Å². The summed E-state index contributed by atoms with van der Waals surface area (Å²) >= 11 is 6.14. The number of aromatic nitrogens is 4. The Morgan fingerprint density at radius 1 is 1.06 bits per heavy atom. The van der Waals surface area contributed by atoms with Crippen molar-refractivity contribution in [2.24, 2.45) is 0 Å². The van der Waals surface area contributed by atoms with Gasteiger partial charge >= 0.3 is 0 Å². The number of nitrogens with one attached hydrogen (secondary N) is 1. The van der Waals surface area contributed by atoms with Crippen LogP contribution in [-0.4, -0.2) is 33.1 Å². The Hall–Kier alpha value is -3.97. The Bertz CT molecular complexity index is 1220. The minimum absolute atomic E-state index is 0.123. The number of nitrogens with zero attached hydrogens (tertiary/aromatic N) is 4. The van der Waals surface area contributed by atoms with Gasteiger partial charge in [0.25, 0.3) is 0 Å². The predicted molar refractivity (Wildman–Crippen MR) is 120 cm³/mol. The van der Waals surface area contributed by atoms with Gasteiger partial charge in [0, 0.05) is 34.1 Å². The van der Waals surface area contributed by atoms with E-state index in [-0.39, 0.29) is 5.78 Å². The molecular formula is C23H18ClN5O2. The average molecular weight is 432 g/mol. The standard InChI is InChI=1S/C23H18ClN5O2/c1-31-19-10-8-18(9-11-19)29-22(26-27-28-29)13-14-25-21-12-7-17(24)15-20(21)23(30)16-5-3-2-4-6-16/h2-15,25H,1H3/b14-13+. The minimum Gasteiger partial charge on any atom is -0.497 e. The molecule has 31 heavy (non-hydrogen) atoms. The van der Waals surface area contributed by atoms with E-state index >= 15 is 0 Å². The Kier molecular flexibility index (Phi) is 6.05. The number of ether oxygens (including phenoxy) is 1. The molecule has 0 radical (unpaired) electrons. The van der Waals surface area contributed by atoms with E-state index in [1.54, 1.807) is 54.4 Å². The average Bonchev–Trinajstić information content (AvgIpc) is 3.28. The van der Waals surface area contributed by atoms with Crippen LogP contribution in [0.4, 0.5) is 5.69 Å². The molecule has 154 valence electrons. The maximum atomic E-state index is 12.9. The van der Waals surface area contributed by atoms with Gasteiger partial charge < -0.3 is 10.1 Å². The van der Waals surface area contributed by atoms with Gasteiger partial charge in [0.2, 0.25) is 0 Å². The summed E-state index contributed by atoms with van der Waals surface area (Å²) in [5.41, 5.74) is 2.47. The van der Waals surface area contributed by atoms with E-state index in [4.69, 9.17) is 16.3 Å². The fourth-order valence-electron chi connectivity index (χ4n) is 2.99. The third-order valence-electron chi connectivity index (χ3n) is 4.54. The summed E-state index contributed by atoms with van der Waals surface area (Å²) in [6, 6.07) is 21.6. The van der Waals surface area contributed by atoms with Crippen molar-refractivity contribution in [2.45, 2.75) is 0 Å². The molecule has 0 unspecified atom stereocenters. The van der Waals surface area contributed by atoms with Gasteiger partial charge in [0.05, 0.1) is 12.8 Å². The smallest absolute Gasteiger partial charge is 0.195 e. The van der Waals surface area contributed by atoms with Crippen LogP contribution < -0.4 is 10.1 Å². The van der Waals surface area contributed by atoms with E-state index in [0.717, 1.165) is 11.4 Å². The van der Waals surface area contributed by atoms with Crippen molar-refractivity contribution < 1.29 is 9.53 Å². The van der Waals surface area contributed by atoms with Gasteiger partial charge in [0.1, 0.15) is 5.75 Å². The molecule has 0 saturated carbocycles. The molecule has 3 aromatic carbocycles. The van der Waals surface area contributed by atoms with E-state index in [1.807, 2.05) is 42.5 Å². The molecule has 8 heteroatoms. The first-order valence-electron chi connectivity index (χ1n) is 9.41. The number of anilines is 1. The molecule has 0 aliphatic rings. The second-order valence-corrected chi connectivity index (χ2v) is 6.95. The number of hydrogen-bond acceptors (Lipinski definition) is 6. The van der Waals surface area contributed by atoms with Crippen LogP contribution in [0.3, 0.4) is 0 Å². The Labute approximate surface area is 183 Å². The van der Waals surface area contributed by atoms with Gasteiger partial charge in [-0.3, -0.25) is 4.79 Å². The first-order valence-corrected chi connectivity index (χ1v) is 9.79. The van der Waals surface area contributed by atoms with E-state index in [2.05, 4.69) is 20.8 Å². The lowest BCUT2D eigenvalue weighted by Gasteiger charge is -2.09. The van der Waals surface area contributed by atoms with Gasteiger partial charge in [-0.25, -0.2) is 0 Å². The molecule has 0 fully saturated rings. The van der Waals surface area contributed by atoms with Crippen LogP contribution in [0.2, 0.25) is 5.02 Å². The summed E-state index contributed by atoms with van der Waals surface area (Å²) in [4.78, 5) is 12.9. The zero-order valence-electron chi connectivity index (χ0n) is 16.6. The Morgan fingerprint density at radius 2 is 1.84 bits per heavy atom. The van der Waals surface area contributed by atoms with Crippen molar-refractivity contribution in [2.75, 3.05) is 12.4 Å². The normalized spacial score (nSPS) is 10.9. The summed E-state index contributed by atoms with van der Waals surface area (Å²) in [6.45, 7) is 0. The Balaban J connectivity index is 1.57. The van der Waals surface area contributed by atoms with Crippen LogP contribution >= 0.6 is 11.6 Å². The maximum Gasteiger partial charge on any atom is 0.195 e. The van der Waals surface area contributed by atoms with E-state index in [1.165, 1.54) is 0 Å². The zero-order valence-corrected chi connectivity index (χ0v) is 17.3. The van der Waals surface area contributed by atoms with Crippen molar-refractivity contribution in [3.63, 3.8) is 0 Å². The second kappa shape index (κ2) is 9.23. The van der Waals surface area contributed by atoms with E-state index in [0.29, 0.717) is 27.7 Å². The molecule has 1 heterocycles. The quantitative estimate of drug-likeness (QED) is 0.429. The lowest BCUT2D eigenvalue weighted by atomic mass is 10.0. The molecule has 1 aromatic heterocycles. The van der Waals surface area contributed by atoms with Crippen molar-refractivity contribution in [3.05, 3.63) is 101 Å². The van der Waals surface area contributed by atoms with Crippen LogP contribution in [-0.2, 0) is 0 Å². The van der Waals surface area contributed by atoms with Crippen LogP contribution in [0.5, 0.6) is 5.75 Å². The summed E-state index contributed by atoms with van der Waals surface area (Å²) in [5, 5.41) is 15.4. The zero-order chi connectivity index (χ0) is 21.6. The molecule has 0 aliphatic heterocycles. The molecule has 0 spiro atoms. The number of carbonyl (C=O) groups is 1.